The fourth-order valence-corrected chi connectivity index (χ4v) is 2.61. The molecule has 1 rings (SSSR count). The van der Waals surface area contributed by atoms with Crippen molar-refractivity contribution in [2.45, 2.75) is 26.3 Å². The quantitative estimate of drug-likeness (QED) is 0.561. The second-order valence-electron chi connectivity index (χ2n) is 3.57. The molecule has 5 nitrogen and oxygen atoms in total. The predicted octanol–water partition coefficient (Wildman–Crippen LogP) is 1.57. The summed E-state index contributed by atoms with van der Waals surface area (Å²) >= 11 is 1.48. The lowest BCUT2D eigenvalue weighted by molar-refractivity contribution is -0.141. The van der Waals surface area contributed by atoms with E-state index in [2.05, 4.69) is 4.99 Å². The van der Waals surface area contributed by atoms with E-state index in [0.29, 0.717) is 23.0 Å². The van der Waals surface area contributed by atoms with Gasteiger partial charge in [-0.3, -0.25) is 9.79 Å². The third-order valence-electron chi connectivity index (χ3n) is 2.40. The van der Waals surface area contributed by atoms with Crippen molar-refractivity contribution in [1.82, 2.24) is 0 Å². The van der Waals surface area contributed by atoms with Gasteiger partial charge >= 0.3 is 11.9 Å². The van der Waals surface area contributed by atoms with Crippen molar-refractivity contribution in [2.75, 3.05) is 19.5 Å². The molecule has 0 amide bonds. The van der Waals surface area contributed by atoms with Crippen LogP contribution in [0, 0.1) is 0 Å². The Bertz CT molecular complexity index is 390. The number of thioether (sulfide) groups is 1. The summed E-state index contributed by atoms with van der Waals surface area (Å²) < 4.78 is 9.55. The van der Waals surface area contributed by atoms with Crippen molar-refractivity contribution in [3.8, 4) is 0 Å². The first kappa shape index (κ1) is 14.8. The summed E-state index contributed by atoms with van der Waals surface area (Å²) in [5.74, 6) is -0.00232. The average molecular weight is 271 g/mol. The molecule has 6 heteroatoms. The lowest BCUT2D eigenvalue weighted by atomic mass is 10.1. The predicted molar refractivity (Wildman–Crippen MR) is 70.7 cm³/mol. The minimum atomic E-state index is -0.371. The molecule has 0 spiro atoms. The summed E-state index contributed by atoms with van der Waals surface area (Å²) in [5, 5.41) is 0.710. The average Bonchev–Trinajstić information content (AvgIpc) is 2.78. The summed E-state index contributed by atoms with van der Waals surface area (Å²) in [6.45, 7) is 3.90. The van der Waals surface area contributed by atoms with Gasteiger partial charge in [-0.05, 0) is 13.8 Å². The zero-order chi connectivity index (χ0) is 13.5. The van der Waals surface area contributed by atoms with Gasteiger partial charge in [-0.15, -0.1) is 11.8 Å². The van der Waals surface area contributed by atoms with E-state index in [1.54, 1.807) is 19.9 Å². The number of nitrogens with zero attached hydrogens (tertiary/aromatic N) is 1. The zero-order valence-electron chi connectivity index (χ0n) is 10.8. The van der Waals surface area contributed by atoms with Gasteiger partial charge in [-0.2, -0.15) is 0 Å². The van der Waals surface area contributed by atoms with E-state index in [4.69, 9.17) is 9.47 Å². The standard InChI is InChI=1S/C12H17NO4S/c1-4-8(12(15)16-3)9-7-18-10(13-9)6-11(14)17-5-2/h4,9H,5-7H2,1-3H3/b8-4-. The van der Waals surface area contributed by atoms with E-state index >= 15 is 0 Å². The van der Waals surface area contributed by atoms with E-state index in [1.165, 1.54) is 18.9 Å². The third kappa shape index (κ3) is 3.87. The molecule has 1 heterocycles. The Morgan fingerprint density at radius 3 is 2.83 bits per heavy atom. The first-order valence-electron chi connectivity index (χ1n) is 5.72. The number of ether oxygens (including phenoxy) is 2. The van der Waals surface area contributed by atoms with Gasteiger partial charge in [0.1, 0.15) is 0 Å². The second-order valence-corrected chi connectivity index (χ2v) is 4.66. The van der Waals surface area contributed by atoms with Gasteiger partial charge in [-0.1, -0.05) is 6.08 Å². The zero-order valence-corrected chi connectivity index (χ0v) is 11.6. The molecule has 0 fully saturated rings. The first-order chi connectivity index (χ1) is 8.62. The fourth-order valence-electron chi connectivity index (χ4n) is 1.58. The summed E-state index contributed by atoms with van der Waals surface area (Å²) in [7, 11) is 1.34. The molecule has 1 aliphatic heterocycles. The Morgan fingerprint density at radius 1 is 1.56 bits per heavy atom. The van der Waals surface area contributed by atoms with Crippen LogP contribution in [-0.2, 0) is 19.1 Å². The molecule has 0 aliphatic carbocycles. The molecule has 0 aromatic carbocycles. The molecule has 0 saturated heterocycles. The largest absolute Gasteiger partial charge is 0.466 e. The van der Waals surface area contributed by atoms with E-state index in [-0.39, 0.29) is 24.4 Å². The smallest absolute Gasteiger partial charge is 0.335 e. The molecule has 18 heavy (non-hydrogen) atoms. The lowest BCUT2D eigenvalue weighted by Crippen LogP contribution is -2.17. The van der Waals surface area contributed by atoms with Crippen LogP contribution >= 0.6 is 11.8 Å². The Kier molecular flexibility index (Phi) is 5.91. The highest BCUT2D eigenvalue weighted by Crippen LogP contribution is 2.25. The van der Waals surface area contributed by atoms with Crippen molar-refractivity contribution < 1.29 is 19.1 Å². The highest BCUT2D eigenvalue weighted by molar-refractivity contribution is 8.14. The minimum absolute atomic E-state index is 0.174. The highest BCUT2D eigenvalue weighted by atomic mass is 32.2. The number of aliphatic imine (C=N–C) groups is 1. The number of rotatable bonds is 5. The first-order valence-corrected chi connectivity index (χ1v) is 6.70. The van der Waals surface area contributed by atoms with Crippen molar-refractivity contribution >= 4 is 28.7 Å². The van der Waals surface area contributed by atoms with Crippen molar-refractivity contribution in [1.29, 1.82) is 0 Å². The Balaban J connectivity index is 2.65. The van der Waals surface area contributed by atoms with Crippen LogP contribution in [-0.4, -0.2) is 42.5 Å². The molecular weight excluding hydrogens is 254 g/mol. The van der Waals surface area contributed by atoms with Gasteiger partial charge < -0.3 is 9.47 Å². The fraction of sp³-hybridized carbons (Fsp3) is 0.583. The number of methoxy groups -OCH3 is 1. The SMILES string of the molecule is C/C=C(\C(=O)OC)C1CSC(CC(=O)OCC)=N1. The van der Waals surface area contributed by atoms with Crippen LogP contribution in [0.15, 0.2) is 16.6 Å². The van der Waals surface area contributed by atoms with Crippen LogP contribution in [0.2, 0.25) is 0 Å². The van der Waals surface area contributed by atoms with Crippen molar-refractivity contribution in [3.05, 3.63) is 11.6 Å². The van der Waals surface area contributed by atoms with Gasteiger partial charge in [0.05, 0.1) is 36.8 Å². The maximum Gasteiger partial charge on any atom is 0.335 e. The van der Waals surface area contributed by atoms with E-state index in [0.717, 1.165) is 0 Å². The Morgan fingerprint density at radius 2 is 2.28 bits per heavy atom. The van der Waals surface area contributed by atoms with Crippen LogP contribution in [0.1, 0.15) is 20.3 Å². The molecule has 0 bridgehead atoms. The minimum Gasteiger partial charge on any atom is -0.466 e. The van der Waals surface area contributed by atoms with Crippen LogP contribution < -0.4 is 0 Å². The van der Waals surface area contributed by atoms with Crippen LogP contribution in [0.5, 0.6) is 0 Å². The summed E-state index contributed by atoms with van der Waals surface area (Å²) in [6, 6.07) is -0.225. The van der Waals surface area contributed by atoms with E-state index in [1.807, 2.05) is 0 Å². The molecule has 100 valence electrons. The number of hydrogen-bond donors (Lipinski definition) is 0. The number of carbonyl (C=O) groups is 2. The molecular formula is C12H17NO4S. The molecule has 1 unspecified atom stereocenters. The van der Waals surface area contributed by atoms with Crippen LogP contribution in [0.3, 0.4) is 0 Å². The Labute approximate surface area is 111 Å². The molecule has 0 saturated carbocycles. The molecule has 0 aromatic rings. The molecule has 1 aliphatic rings. The van der Waals surface area contributed by atoms with E-state index in [9.17, 15) is 9.59 Å². The van der Waals surface area contributed by atoms with Crippen molar-refractivity contribution in [2.24, 2.45) is 4.99 Å². The third-order valence-corrected chi connectivity index (χ3v) is 3.47. The number of hydrogen-bond acceptors (Lipinski definition) is 6. The highest BCUT2D eigenvalue weighted by Gasteiger charge is 2.27. The van der Waals surface area contributed by atoms with Gasteiger partial charge in [0.15, 0.2) is 0 Å². The maximum atomic E-state index is 11.5. The van der Waals surface area contributed by atoms with Crippen molar-refractivity contribution in [3.63, 3.8) is 0 Å². The van der Waals surface area contributed by atoms with Gasteiger partial charge in [0.2, 0.25) is 0 Å². The summed E-state index contributed by atoms with van der Waals surface area (Å²) in [6.07, 6.45) is 1.88. The number of allylic oxidation sites excluding steroid dienone is 1. The normalized spacial score (nSPS) is 19.4. The molecule has 0 aromatic heterocycles. The second kappa shape index (κ2) is 7.20. The summed E-state index contributed by atoms with van der Waals surface area (Å²) in [4.78, 5) is 27.2. The Hall–Kier alpha value is -1.30. The topological polar surface area (TPSA) is 65.0 Å². The monoisotopic (exact) mass is 271 g/mol. The van der Waals surface area contributed by atoms with Gasteiger partial charge in [-0.25, -0.2) is 4.79 Å². The van der Waals surface area contributed by atoms with Gasteiger partial charge in [0.25, 0.3) is 0 Å². The lowest BCUT2D eigenvalue weighted by Gasteiger charge is -2.08. The molecule has 0 N–H and O–H groups in total. The van der Waals surface area contributed by atoms with Crippen LogP contribution in [0.25, 0.3) is 0 Å². The van der Waals surface area contributed by atoms with Gasteiger partial charge in [0, 0.05) is 5.75 Å². The summed E-state index contributed by atoms with van der Waals surface area (Å²) in [5.41, 5.74) is 0.531. The number of carbonyl (C=O) groups excluding carboxylic acids is 2. The molecule has 0 radical (unpaired) electrons. The van der Waals surface area contributed by atoms with E-state index < -0.39 is 0 Å². The molecule has 1 atom stereocenters. The maximum absolute atomic E-state index is 11.5. The number of esters is 2. The van der Waals surface area contributed by atoms with Crippen LogP contribution in [0.4, 0.5) is 0 Å².